The largest absolute Gasteiger partial charge is 0.351 e. The molecule has 116 valence electrons. The van der Waals surface area contributed by atoms with Gasteiger partial charge in [-0.3, -0.25) is 4.79 Å². The Hall–Kier alpha value is -1.32. The zero-order chi connectivity index (χ0) is 15.3. The zero-order valence-corrected chi connectivity index (χ0v) is 13.4. The molecule has 0 unspecified atom stereocenters. The van der Waals surface area contributed by atoms with Gasteiger partial charge in [-0.15, -0.1) is 0 Å². The van der Waals surface area contributed by atoms with Gasteiger partial charge in [-0.05, 0) is 25.0 Å². The normalized spacial score (nSPS) is 37.1. The van der Waals surface area contributed by atoms with Crippen molar-refractivity contribution in [3.8, 4) is 0 Å². The topological polar surface area (TPSA) is 29.5 Å². The van der Waals surface area contributed by atoms with Crippen molar-refractivity contribution >= 4 is 17.5 Å². The van der Waals surface area contributed by atoms with Gasteiger partial charge < -0.3 is 9.64 Å². The summed E-state index contributed by atoms with van der Waals surface area (Å²) in [5.74, 6) is 0.639. The van der Waals surface area contributed by atoms with Crippen LogP contribution in [0.2, 0.25) is 5.02 Å². The van der Waals surface area contributed by atoms with Crippen LogP contribution >= 0.6 is 11.6 Å². The molecule has 4 heteroatoms. The lowest BCUT2D eigenvalue weighted by molar-refractivity contribution is -0.216. The number of carbonyl (C=O) groups is 1. The van der Waals surface area contributed by atoms with E-state index in [-0.39, 0.29) is 17.9 Å². The highest BCUT2D eigenvalue weighted by atomic mass is 35.5. The van der Waals surface area contributed by atoms with E-state index in [9.17, 15) is 4.79 Å². The highest BCUT2D eigenvalue weighted by Gasteiger charge is 2.57. The number of halogens is 1. The number of allylic oxidation sites excluding steroid dienone is 1. The average Bonchev–Trinajstić information content (AvgIpc) is 2.80. The number of fused-ring (bicyclic) bond motifs is 3. The smallest absolute Gasteiger partial charge is 0.228 e. The van der Waals surface area contributed by atoms with E-state index in [0.29, 0.717) is 17.5 Å². The van der Waals surface area contributed by atoms with Crippen LogP contribution in [-0.2, 0) is 15.3 Å². The number of hydrogen-bond donors (Lipinski definition) is 0. The lowest BCUT2D eigenvalue weighted by Gasteiger charge is -2.51. The molecule has 0 saturated carbocycles. The number of nitrogens with zero attached hydrogens (tertiary/aromatic N) is 1. The first kappa shape index (κ1) is 14.3. The molecule has 1 amide bonds. The van der Waals surface area contributed by atoms with E-state index in [0.717, 1.165) is 24.8 Å². The SMILES string of the molecule is C[C@H]1C[C@@]2(c3ccc(Cl)cc3)OC[C@@H]3CC=CC[C@@H]3N2C1=O. The molecule has 2 saturated heterocycles. The van der Waals surface area contributed by atoms with Crippen LogP contribution in [0.4, 0.5) is 0 Å². The third-order valence-electron chi connectivity index (χ3n) is 5.32. The average molecular weight is 318 g/mol. The summed E-state index contributed by atoms with van der Waals surface area (Å²) in [4.78, 5) is 14.9. The van der Waals surface area contributed by atoms with Crippen molar-refractivity contribution in [3.63, 3.8) is 0 Å². The summed E-state index contributed by atoms with van der Waals surface area (Å²) >= 11 is 6.03. The van der Waals surface area contributed by atoms with Gasteiger partial charge in [0.1, 0.15) is 0 Å². The summed E-state index contributed by atoms with van der Waals surface area (Å²) in [6, 6.07) is 8.02. The van der Waals surface area contributed by atoms with Gasteiger partial charge in [0.15, 0.2) is 5.72 Å². The third kappa shape index (κ3) is 1.95. The number of benzene rings is 1. The molecule has 0 radical (unpaired) electrons. The van der Waals surface area contributed by atoms with Crippen LogP contribution in [0, 0.1) is 11.8 Å². The first-order chi connectivity index (χ1) is 10.6. The lowest BCUT2D eigenvalue weighted by atomic mass is 9.84. The van der Waals surface area contributed by atoms with Crippen LogP contribution in [0.25, 0.3) is 0 Å². The third-order valence-corrected chi connectivity index (χ3v) is 5.57. The fourth-order valence-electron chi connectivity index (χ4n) is 4.22. The molecule has 0 N–H and O–H groups in total. The first-order valence-corrected chi connectivity index (χ1v) is 8.38. The minimum Gasteiger partial charge on any atom is -0.351 e. The van der Waals surface area contributed by atoms with Gasteiger partial charge in [0, 0.05) is 34.9 Å². The fraction of sp³-hybridized carbons (Fsp3) is 0.500. The van der Waals surface area contributed by atoms with E-state index >= 15 is 0 Å². The second-order valence-electron chi connectivity index (χ2n) is 6.69. The molecule has 4 rings (SSSR count). The molecule has 4 atom stereocenters. The number of hydrogen-bond acceptors (Lipinski definition) is 2. The first-order valence-electron chi connectivity index (χ1n) is 8.00. The Balaban J connectivity index is 1.80. The molecule has 0 aromatic heterocycles. The maximum atomic E-state index is 12.8. The molecule has 1 aromatic rings. The molecule has 3 nitrogen and oxygen atoms in total. The predicted molar refractivity (Wildman–Crippen MR) is 85.4 cm³/mol. The van der Waals surface area contributed by atoms with Crippen LogP contribution in [-0.4, -0.2) is 23.5 Å². The van der Waals surface area contributed by atoms with Crippen LogP contribution in [0.3, 0.4) is 0 Å². The zero-order valence-electron chi connectivity index (χ0n) is 12.7. The van der Waals surface area contributed by atoms with Crippen molar-refractivity contribution in [2.45, 2.75) is 38.0 Å². The summed E-state index contributed by atoms with van der Waals surface area (Å²) in [7, 11) is 0. The molecule has 2 aliphatic heterocycles. The minimum absolute atomic E-state index is 0.000309. The van der Waals surface area contributed by atoms with Gasteiger partial charge >= 0.3 is 0 Å². The maximum Gasteiger partial charge on any atom is 0.228 e. The molecule has 1 aliphatic carbocycles. The molecule has 2 fully saturated rings. The molecular formula is C18H20ClNO2. The van der Waals surface area contributed by atoms with Crippen LogP contribution in [0.1, 0.15) is 31.7 Å². The Kier molecular flexibility index (Phi) is 3.31. The van der Waals surface area contributed by atoms with Crippen molar-refractivity contribution in [2.75, 3.05) is 6.61 Å². The minimum atomic E-state index is -0.604. The summed E-state index contributed by atoms with van der Waals surface area (Å²) < 4.78 is 6.35. The monoisotopic (exact) mass is 317 g/mol. The van der Waals surface area contributed by atoms with E-state index in [2.05, 4.69) is 12.2 Å². The molecule has 0 spiro atoms. The van der Waals surface area contributed by atoms with E-state index in [1.54, 1.807) is 0 Å². The fourth-order valence-corrected chi connectivity index (χ4v) is 4.35. The number of amides is 1. The van der Waals surface area contributed by atoms with Gasteiger partial charge in [0.2, 0.25) is 5.91 Å². The maximum absolute atomic E-state index is 12.8. The van der Waals surface area contributed by atoms with Crippen LogP contribution in [0.5, 0.6) is 0 Å². The summed E-state index contributed by atoms with van der Waals surface area (Å²) in [5.41, 5.74) is 0.440. The molecule has 1 aromatic carbocycles. The second-order valence-corrected chi connectivity index (χ2v) is 7.12. The molecule has 22 heavy (non-hydrogen) atoms. The number of carbonyl (C=O) groups excluding carboxylic acids is 1. The Morgan fingerprint density at radius 2 is 1.95 bits per heavy atom. The van der Waals surface area contributed by atoms with Crippen molar-refractivity contribution in [1.29, 1.82) is 0 Å². The van der Waals surface area contributed by atoms with Crippen molar-refractivity contribution in [1.82, 2.24) is 4.90 Å². The number of ether oxygens (including phenoxy) is 1. The Bertz CT molecular complexity index is 626. The number of rotatable bonds is 1. The Labute approximate surface area is 135 Å². The van der Waals surface area contributed by atoms with Crippen molar-refractivity contribution in [2.24, 2.45) is 11.8 Å². The summed E-state index contributed by atoms with van der Waals surface area (Å²) in [6.45, 7) is 2.73. The molecule has 0 bridgehead atoms. The van der Waals surface area contributed by atoms with E-state index < -0.39 is 5.72 Å². The Morgan fingerprint density at radius 1 is 1.23 bits per heavy atom. The second kappa shape index (κ2) is 5.10. The standard InChI is InChI=1S/C18H20ClNO2/c1-12-10-18(14-6-8-15(19)9-7-14)20(17(12)21)16-5-3-2-4-13(16)11-22-18/h2-3,6-9,12-13,16H,4-5,10-11H2,1H3/t12-,13-,16-,18-/m0/s1. The van der Waals surface area contributed by atoms with Crippen LogP contribution in [0.15, 0.2) is 36.4 Å². The predicted octanol–water partition coefficient (Wildman–Crippen LogP) is 3.73. The van der Waals surface area contributed by atoms with Crippen molar-refractivity contribution < 1.29 is 9.53 Å². The van der Waals surface area contributed by atoms with E-state index in [1.165, 1.54) is 0 Å². The highest BCUT2D eigenvalue weighted by molar-refractivity contribution is 6.30. The van der Waals surface area contributed by atoms with Gasteiger partial charge in [-0.25, -0.2) is 0 Å². The highest BCUT2D eigenvalue weighted by Crippen LogP contribution is 2.50. The quantitative estimate of drug-likeness (QED) is 0.739. The lowest BCUT2D eigenvalue weighted by Crippen LogP contribution is -2.59. The van der Waals surface area contributed by atoms with Gasteiger partial charge in [0.05, 0.1) is 6.61 Å². The van der Waals surface area contributed by atoms with Crippen LogP contribution < -0.4 is 0 Å². The molecule has 3 aliphatic rings. The van der Waals surface area contributed by atoms with E-state index in [4.69, 9.17) is 16.3 Å². The van der Waals surface area contributed by atoms with Gasteiger partial charge in [0.25, 0.3) is 0 Å². The summed E-state index contributed by atoms with van der Waals surface area (Å²) in [5, 5.41) is 0.707. The molecular weight excluding hydrogens is 298 g/mol. The van der Waals surface area contributed by atoms with E-state index in [1.807, 2.05) is 36.1 Å². The Morgan fingerprint density at radius 3 is 2.73 bits per heavy atom. The van der Waals surface area contributed by atoms with Gasteiger partial charge in [-0.1, -0.05) is 42.8 Å². The van der Waals surface area contributed by atoms with Crippen molar-refractivity contribution in [3.05, 3.63) is 47.0 Å². The summed E-state index contributed by atoms with van der Waals surface area (Å²) in [6.07, 6.45) is 7.07. The van der Waals surface area contributed by atoms with Gasteiger partial charge in [-0.2, -0.15) is 0 Å². The molecule has 2 heterocycles.